The molecule has 1 amide bonds. The Morgan fingerprint density at radius 1 is 1.29 bits per heavy atom. The van der Waals surface area contributed by atoms with Crippen LogP contribution in [0.3, 0.4) is 0 Å². The van der Waals surface area contributed by atoms with Gasteiger partial charge in [-0.1, -0.05) is 19.3 Å². The van der Waals surface area contributed by atoms with Crippen LogP contribution in [0.1, 0.15) is 45.1 Å². The fraction of sp³-hybridized carbons (Fsp3) is 0.412. The summed E-state index contributed by atoms with van der Waals surface area (Å²) in [6.45, 7) is 1.46. The number of aromatic nitrogens is 3. The first kappa shape index (κ1) is 15.3. The molecule has 0 atom stereocenters. The lowest BCUT2D eigenvalue weighted by Crippen LogP contribution is -2.26. The van der Waals surface area contributed by atoms with E-state index in [9.17, 15) is 9.59 Å². The summed E-state index contributed by atoms with van der Waals surface area (Å²) in [4.78, 5) is 34.0. The molecule has 0 spiro atoms. The highest BCUT2D eigenvalue weighted by atomic mass is 32.1. The summed E-state index contributed by atoms with van der Waals surface area (Å²) in [5.74, 6) is -0.155. The van der Waals surface area contributed by atoms with Crippen LogP contribution in [0.15, 0.2) is 23.4 Å². The van der Waals surface area contributed by atoms with Gasteiger partial charge in [0.05, 0.1) is 22.9 Å². The third-order valence-electron chi connectivity index (χ3n) is 4.59. The third kappa shape index (κ3) is 2.49. The van der Waals surface area contributed by atoms with Crippen molar-refractivity contribution in [3.63, 3.8) is 0 Å². The summed E-state index contributed by atoms with van der Waals surface area (Å²) < 4.78 is 2.40. The molecule has 4 rings (SSSR count). The van der Waals surface area contributed by atoms with Gasteiger partial charge in [0.2, 0.25) is 5.91 Å². The van der Waals surface area contributed by atoms with Crippen molar-refractivity contribution in [2.24, 2.45) is 0 Å². The summed E-state index contributed by atoms with van der Waals surface area (Å²) in [6, 6.07) is 1.99. The van der Waals surface area contributed by atoms with Crippen molar-refractivity contribution in [2.75, 3.05) is 5.32 Å². The minimum Gasteiger partial charge on any atom is -0.326 e. The number of anilines is 1. The molecule has 3 aromatic rings. The van der Waals surface area contributed by atoms with Gasteiger partial charge in [0.25, 0.3) is 5.56 Å². The second kappa shape index (κ2) is 5.98. The highest BCUT2D eigenvalue weighted by Crippen LogP contribution is 2.35. The normalized spacial score (nSPS) is 15.9. The van der Waals surface area contributed by atoms with Gasteiger partial charge in [0.15, 0.2) is 0 Å². The molecule has 0 aromatic carbocycles. The van der Waals surface area contributed by atoms with E-state index in [0.717, 1.165) is 35.9 Å². The van der Waals surface area contributed by atoms with Gasteiger partial charge in [-0.05, 0) is 18.9 Å². The number of amides is 1. The van der Waals surface area contributed by atoms with E-state index >= 15 is 0 Å². The predicted octanol–water partition coefficient (Wildman–Crippen LogP) is 3.47. The second-order valence-electron chi connectivity index (χ2n) is 6.25. The van der Waals surface area contributed by atoms with E-state index in [4.69, 9.17) is 0 Å². The van der Waals surface area contributed by atoms with Crippen molar-refractivity contribution in [1.82, 2.24) is 14.5 Å². The lowest BCUT2D eigenvalue weighted by molar-refractivity contribution is -0.114. The van der Waals surface area contributed by atoms with Crippen molar-refractivity contribution in [3.05, 3.63) is 28.9 Å². The lowest BCUT2D eigenvalue weighted by Gasteiger charge is -2.23. The molecule has 124 valence electrons. The molecule has 6 nitrogen and oxygen atoms in total. The highest BCUT2D eigenvalue weighted by molar-refractivity contribution is 7.25. The Morgan fingerprint density at radius 2 is 2.08 bits per heavy atom. The Bertz CT molecular complexity index is 985. The van der Waals surface area contributed by atoms with Gasteiger partial charge in [-0.25, -0.2) is 9.97 Å². The zero-order valence-corrected chi connectivity index (χ0v) is 14.2. The summed E-state index contributed by atoms with van der Waals surface area (Å²) in [6.07, 6.45) is 8.94. The maximum Gasteiger partial charge on any atom is 0.271 e. The molecule has 1 aliphatic rings. The van der Waals surface area contributed by atoms with Crippen molar-refractivity contribution < 1.29 is 4.79 Å². The molecule has 3 heterocycles. The zero-order chi connectivity index (χ0) is 16.7. The number of hydrogen-bond acceptors (Lipinski definition) is 5. The van der Waals surface area contributed by atoms with Gasteiger partial charge in [-0.15, -0.1) is 11.3 Å². The number of carbonyl (C=O) groups is 1. The van der Waals surface area contributed by atoms with Crippen LogP contribution in [0.2, 0.25) is 0 Å². The van der Waals surface area contributed by atoms with E-state index in [0.29, 0.717) is 15.9 Å². The van der Waals surface area contributed by atoms with Crippen LogP contribution in [0, 0.1) is 0 Å². The van der Waals surface area contributed by atoms with Gasteiger partial charge in [0.1, 0.15) is 9.53 Å². The number of nitrogens with one attached hydrogen (secondary N) is 1. The summed E-state index contributed by atoms with van der Waals surface area (Å²) in [5.41, 5.74) is 1.29. The molecule has 3 aromatic heterocycles. The number of carbonyl (C=O) groups excluding carboxylic acids is 1. The molecule has 1 fully saturated rings. The Kier molecular flexibility index (Phi) is 3.80. The van der Waals surface area contributed by atoms with Gasteiger partial charge >= 0.3 is 0 Å². The number of nitrogens with zero attached hydrogens (tertiary/aromatic N) is 3. The Labute approximate surface area is 142 Å². The third-order valence-corrected chi connectivity index (χ3v) is 5.66. The molecule has 0 saturated heterocycles. The van der Waals surface area contributed by atoms with Crippen LogP contribution < -0.4 is 10.9 Å². The number of pyridine rings is 1. The quantitative estimate of drug-likeness (QED) is 0.773. The standard InChI is InChI=1S/C17H18N4O2S/c1-10(22)20-12-7-8-18-16-13(12)14-15(24-16)17(23)21(9-19-14)11-5-3-2-4-6-11/h7-9,11H,2-6H2,1H3,(H,18,20,22). The number of thiophene rings is 1. The topological polar surface area (TPSA) is 76.9 Å². The molecule has 0 bridgehead atoms. The SMILES string of the molecule is CC(=O)Nc1ccnc2sc3c(=O)n(C4CCCCC4)cnc3c12. The first-order chi connectivity index (χ1) is 11.6. The smallest absolute Gasteiger partial charge is 0.271 e. The average molecular weight is 342 g/mol. The molecule has 0 unspecified atom stereocenters. The molecule has 1 saturated carbocycles. The average Bonchev–Trinajstić information content (AvgIpc) is 2.96. The van der Waals surface area contributed by atoms with E-state index in [1.165, 1.54) is 24.7 Å². The van der Waals surface area contributed by atoms with Gasteiger partial charge in [-0.2, -0.15) is 0 Å². The van der Waals surface area contributed by atoms with Gasteiger partial charge in [0, 0.05) is 19.2 Å². The summed E-state index contributed by atoms with van der Waals surface area (Å²) in [5, 5.41) is 3.55. The van der Waals surface area contributed by atoms with E-state index in [1.807, 2.05) is 0 Å². The predicted molar refractivity (Wildman–Crippen MR) is 95.6 cm³/mol. The van der Waals surface area contributed by atoms with Gasteiger partial charge in [-0.3, -0.25) is 14.2 Å². The second-order valence-corrected chi connectivity index (χ2v) is 7.25. The zero-order valence-electron chi connectivity index (χ0n) is 13.4. The molecule has 0 aliphatic heterocycles. The number of rotatable bonds is 2. The minimum atomic E-state index is -0.155. The van der Waals surface area contributed by atoms with Crippen LogP contribution in [0.4, 0.5) is 5.69 Å². The number of hydrogen-bond donors (Lipinski definition) is 1. The molecule has 1 N–H and O–H groups in total. The van der Waals surface area contributed by atoms with E-state index < -0.39 is 0 Å². The lowest BCUT2D eigenvalue weighted by atomic mass is 9.95. The van der Waals surface area contributed by atoms with Crippen LogP contribution in [-0.2, 0) is 4.79 Å². The maximum absolute atomic E-state index is 12.9. The monoisotopic (exact) mass is 342 g/mol. The molecule has 1 aliphatic carbocycles. The Hall–Kier alpha value is -2.28. The first-order valence-corrected chi connectivity index (χ1v) is 9.03. The van der Waals surface area contributed by atoms with Crippen LogP contribution >= 0.6 is 11.3 Å². The number of fused-ring (bicyclic) bond motifs is 3. The molecule has 7 heteroatoms. The molecular weight excluding hydrogens is 324 g/mol. The van der Waals surface area contributed by atoms with Crippen LogP contribution in [-0.4, -0.2) is 20.4 Å². The fourth-order valence-corrected chi connectivity index (χ4v) is 4.54. The van der Waals surface area contributed by atoms with Crippen molar-refractivity contribution in [2.45, 2.75) is 45.1 Å². The van der Waals surface area contributed by atoms with Crippen LogP contribution in [0.5, 0.6) is 0 Å². The van der Waals surface area contributed by atoms with E-state index in [1.54, 1.807) is 23.2 Å². The maximum atomic E-state index is 12.9. The van der Waals surface area contributed by atoms with E-state index in [-0.39, 0.29) is 17.5 Å². The Morgan fingerprint density at radius 3 is 2.83 bits per heavy atom. The summed E-state index contributed by atoms with van der Waals surface area (Å²) in [7, 11) is 0. The highest BCUT2D eigenvalue weighted by Gasteiger charge is 2.20. The van der Waals surface area contributed by atoms with Crippen LogP contribution in [0.25, 0.3) is 20.4 Å². The molecular formula is C17H18N4O2S. The molecule has 0 radical (unpaired) electrons. The van der Waals surface area contributed by atoms with Crippen molar-refractivity contribution in [3.8, 4) is 0 Å². The Balaban J connectivity index is 1.92. The van der Waals surface area contributed by atoms with Crippen molar-refractivity contribution in [1.29, 1.82) is 0 Å². The van der Waals surface area contributed by atoms with E-state index in [2.05, 4.69) is 15.3 Å². The minimum absolute atomic E-state index is 0.00340. The first-order valence-electron chi connectivity index (χ1n) is 8.21. The van der Waals surface area contributed by atoms with Gasteiger partial charge < -0.3 is 5.32 Å². The largest absolute Gasteiger partial charge is 0.326 e. The fourth-order valence-electron chi connectivity index (χ4n) is 3.48. The van der Waals surface area contributed by atoms with Crippen molar-refractivity contribution >= 4 is 43.4 Å². The molecule has 24 heavy (non-hydrogen) atoms. The summed E-state index contributed by atoms with van der Waals surface area (Å²) >= 11 is 1.35.